The van der Waals surface area contributed by atoms with Crippen LogP contribution in [0, 0.1) is 12.8 Å². The van der Waals surface area contributed by atoms with Crippen molar-refractivity contribution in [3.63, 3.8) is 0 Å². The summed E-state index contributed by atoms with van der Waals surface area (Å²) in [4.78, 5) is 36.7. The number of ether oxygens (including phenoxy) is 1. The van der Waals surface area contributed by atoms with E-state index in [0.717, 1.165) is 12.0 Å². The van der Waals surface area contributed by atoms with E-state index in [-0.39, 0.29) is 47.9 Å². The summed E-state index contributed by atoms with van der Waals surface area (Å²) in [5.74, 6) is -1.66. The van der Waals surface area contributed by atoms with Gasteiger partial charge in [-0.1, -0.05) is 45.0 Å². The lowest BCUT2D eigenvalue weighted by Crippen LogP contribution is -2.88. The lowest BCUT2D eigenvalue weighted by atomic mass is 9.95. The number of nitrogens with one attached hydrogen (secondary N) is 1. The van der Waals surface area contributed by atoms with Crippen molar-refractivity contribution >= 4 is 23.7 Å². The van der Waals surface area contributed by atoms with E-state index in [4.69, 9.17) is 14.9 Å². The maximum Gasteiger partial charge on any atom is 0.342 e. The Labute approximate surface area is 182 Å². The maximum absolute atomic E-state index is 12.6. The molecule has 0 aliphatic rings. The SMILES string of the molecule is CCOC(=O)c1c(C)oc(NC(=O)C[NH2+][C@H](c2ccc(CC)cc2)C(C)C)c1C(N)=O. The Morgan fingerprint density at radius 1 is 1.13 bits per heavy atom. The number of rotatable bonds is 10. The van der Waals surface area contributed by atoms with E-state index in [9.17, 15) is 14.4 Å². The number of quaternary nitrogens is 1. The van der Waals surface area contributed by atoms with Crippen LogP contribution < -0.4 is 16.4 Å². The van der Waals surface area contributed by atoms with Crippen LogP contribution in [0.2, 0.25) is 0 Å². The average molecular weight is 431 g/mol. The van der Waals surface area contributed by atoms with Crippen molar-refractivity contribution in [1.82, 2.24) is 0 Å². The second kappa shape index (κ2) is 10.8. The highest BCUT2D eigenvalue weighted by atomic mass is 16.5. The second-order valence-corrected chi connectivity index (χ2v) is 7.68. The standard InChI is InChI=1S/C23H31N3O5/c1-6-15-8-10-16(11-9-15)20(13(3)4)25-12-17(27)26-22-19(21(24)28)18(14(5)31-22)23(29)30-7-2/h8-11,13,20,25H,6-7,12H2,1-5H3,(H2,24,28)(H,26,27)/p+1/t20-/m0/s1. The van der Waals surface area contributed by atoms with Gasteiger partial charge in [-0.05, 0) is 25.8 Å². The van der Waals surface area contributed by atoms with E-state index in [1.165, 1.54) is 12.5 Å². The lowest BCUT2D eigenvalue weighted by Gasteiger charge is -2.19. The van der Waals surface area contributed by atoms with Crippen LogP contribution in [0.25, 0.3) is 0 Å². The Bertz CT molecular complexity index is 931. The van der Waals surface area contributed by atoms with Crippen LogP contribution in [-0.4, -0.2) is 30.9 Å². The van der Waals surface area contributed by atoms with Crippen molar-refractivity contribution in [2.45, 2.75) is 47.1 Å². The predicted molar refractivity (Wildman–Crippen MR) is 117 cm³/mol. The minimum absolute atomic E-state index is 0.0651. The number of carbonyl (C=O) groups is 3. The molecule has 1 aromatic carbocycles. The number of amides is 2. The number of aryl methyl sites for hydroxylation is 2. The van der Waals surface area contributed by atoms with E-state index in [1.54, 1.807) is 6.92 Å². The zero-order valence-corrected chi connectivity index (χ0v) is 18.8. The molecule has 168 valence electrons. The van der Waals surface area contributed by atoms with Gasteiger partial charge in [-0.15, -0.1) is 0 Å². The largest absolute Gasteiger partial charge is 0.462 e. The van der Waals surface area contributed by atoms with Crippen LogP contribution in [-0.2, 0) is 16.0 Å². The summed E-state index contributed by atoms with van der Waals surface area (Å²) in [7, 11) is 0. The molecule has 0 saturated carbocycles. The fraction of sp³-hybridized carbons (Fsp3) is 0.435. The topological polar surface area (TPSA) is 128 Å². The summed E-state index contributed by atoms with van der Waals surface area (Å²) >= 11 is 0. The fourth-order valence-electron chi connectivity index (χ4n) is 3.50. The Balaban J connectivity index is 2.14. The zero-order valence-electron chi connectivity index (χ0n) is 18.8. The molecular formula is C23H32N3O5+. The van der Waals surface area contributed by atoms with Crippen molar-refractivity contribution in [3.8, 4) is 0 Å². The van der Waals surface area contributed by atoms with Gasteiger partial charge in [0.25, 0.3) is 11.8 Å². The summed E-state index contributed by atoms with van der Waals surface area (Å²) < 4.78 is 10.4. The average Bonchev–Trinajstić information content (AvgIpc) is 3.04. The van der Waals surface area contributed by atoms with Crippen LogP contribution in [0.5, 0.6) is 0 Å². The molecule has 0 saturated heterocycles. The predicted octanol–water partition coefficient (Wildman–Crippen LogP) is 2.33. The first-order chi connectivity index (χ1) is 14.7. The summed E-state index contributed by atoms with van der Waals surface area (Å²) in [5, 5.41) is 4.51. The van der Waals surface area contributed by atoms with E-state index >= 15 is 0 Å². The van der Waals surface area contributed by atoms with E-state index in [1.807, 2.05) is 5.32 Å². The number of hydrogen-bond donors (Lipinski definition) is 3. The van der Waals surface area contributed by atoms with E-state index < -0.39 is 11.9 Å². The molecule has 5 N–H and O–H groups in total. The number of furan rings is 1. The molecule has 8 nitrogen and oxygen atoms in total. The molecule has 0 radical (unpaired) electrons. The van der Waals surface area contributed by atoms with Gasteiger partial charge >= 0.3 is 5.97 Å². The third-order valence-corrected chi connectivity index (χ3v) is 5.11. The van der Waals surface area contributed by atoms with E-state index in [0.29, 0.717) is 5.92 Å². The normalized spacial score (nSPS) is 11.9. The minimum Gasteiger partial charge on any atom is -0.462 e. The Morgan fingerprint density at radius 2 is 1.77 bits per heavy atom. The van der Waals surface area contributed by atoms with Crippen molar-refractivity contribution in [2.75, 3.05) is 18.5 Å². The molecule has 1 aromatic heterocycles. The molecule has 0 aliphatic carbocycles. The Kier molecular flexibility index (Phi) is 8.38. The molecule has 0 aliphatic heterocycles. The first-order valence-corrected chi connectivity index (χ1v) is 10.5. The number of anilines is 1. The number of hydrogen-bond acceptors (Lipinski definition) is 5. The number of benzene rings is 1. The third-order valence-electron chi connectivity index (χ3n) is 5.11. The Hall–Kier alpha value is -3.13. The summed E-state index contributed by atoms with van der Waals surface area (Å²) in [6.07, 6.45) is 0.970. The van der Waals surface area contributed by atoms with Gasteiger partial charge in [0.05, 0.1) is 6.61 Å². The molecule has 0 unspecified atom stereocenters. The fourth-order valence-corrected chi connectivity index (χ4v) is 3.50. The highest BCUT2D eigenvalue weighted by Crippen LogP contribution is 2.27. The van der Waals surface area contributed by atoms with Crippen LogP contribution in [0.3, 0.4) is 0 Å². The molecule has 2 aromatic rings. The van der Waals surface area contributed by atoms with E-state index in [2.05, 4.69) is 50.4 Å². The molecule has 2 rings (SSSR count). The molecule has 8 heteroatoms. The van der Waals surface area contributed by atoms with Crippen LogP contribution in [0.4, 0.5) is 5.88 Å². The highest BCUT2D eigenvalue weighted by Gasteiger charge is 2.29. The number of nitrogens with two attached hydrogens (primary N) is 2. The third kappa shape index (κ3) is 5.95. The minimum atomic E-state index is -0.879. The molecule has 0 bridgehead atoms. The lowest BCUT2D eigenvalue weighted by molar-refractivity contribution is -0.692. The van der Waals surface area contributed by atoms with Crippen molar-refractivity contribution < 1.29 is 28.9 Å². The van der Waals surface area contributed by atoms with Gasteiger partial charge in [-0.25, -0.2) is 4.79 Å². The number of carbonyl (C=O) groups excluding carboxylic acids is 3. The van der Waals surface area contributed by atoms with Gasteiger partial charge in [0.15, 0.2) is 6.54 Å². The summed E-state index contributed by atoms with van der Waals surface area (Å²) in [5.41, 5.74) is 7.58. The van der Waals surface area contributed by atoms with Gasteiger partial charge < -0.3 is 20.2 Å². The van der Waals surface area contributed by atoms with Crippen LogP contribution in [0.15, 0.2) is 28.7 Å². The van der Waals surface area contributed by atoms with Crippen LogP contribution in [0.1, 0.15) is 71.3 Å². The Morgan fingerprint density at radius 3 is 2.29 bits per heavy atom. The molecule has 1 atom stereocenters. The van der Waals surface area contributed by atoms with Gasteiger partial charge in [0.1, 0.15) is 22.9 Å². The number of primary amides is 1. The van der Waals surface area contributed by atoms with Crippen LogP contribution >= 0.6 is 0 Å². The molecular weight excluding hydrogens is 398 g/mol. The second-order valence-electron chi connectivity index (χ2n) is 7.68. The van der Waals surface area contributed by atoms with Gasteiger partial charge in [0, 0.05) is 11.5 Å². The molecule has 2 amide bonds. The van der Waals surface area contributed by atoms with Crippen molar-refractivity contribution in [2.24, 2.45) is 11.7 Å². The summed E-state index contributed by atoms with van der Waals surface area (Å²) in [6.45, 7) is 9.69. The van der Waals surface area contributed by atoms with Gasteiger partial charge in [0.2, 0.25) is 5.88 Å². The first-order valence-electron chi connectivity index (χ1n) is 10.5. The molecule has 0 spiro atoms. The smallest absolute Gasteiger partial charge is 0.342 e. The number of esters is 1. The molecule has 31 heavy (non-hydrogen) atoms. The quantitative estimate of drug-likeness (QED) is 0.498. The van der Waals surface area contributed by atoms with Gasteiger partial charge in [-0.3, -0.25) is 14.9 Å². The maximum atomic E-state index is 12.6. The molecule has 1 heterocycles. The van der Waals surface area contributed by atoms with Crippen molar-refractivity contribution in [1.29, 1.82) is 0 Å². The van der Waals surface area contributed by atoms with Crippen molar-refractivity contribution in [3.05, 3.63) is 52.3 Å². The molecule has 0 fully saturated rings. The summed E-state index contributed by atoms with van der Waals surface area (Å²) in [6, 6.07) is 8.45. The zero-order chi connectivity index (χ0) is 23.1. The monoisotopic (exact) mass is 430 g/mol. The first kappa shape index (κ1) is 24.1. The van der Waals surface area contributed by atoms with Gasteiger partial charge in [-0.2, -0.15) is 0 Å². The highest BCUT2D eigenvalue weighted by molar-refractivity contribution is 6.10.